The molecule has 0 bridgehead atoms. The minimum Gasteiger partial charge on any atom is -0.478 e. The second-order valence-corrected chi connectivity index (χ2v) is 8.18. The number of likely N-dealkylation sites (tertiary alicyclic amines) is 1. The Hall–Kier alpha value is -2.95. The van der Waals surface area contributed by atoms with Crippen LogP contribution in [0.2, 0.25) is 0 Å². The largest absolute Gasteiger partial charge is 0.478 e. The zero-order valence-electron chi connectivity index (χ0n) is 15.2. The van der Waals surface area contributed by atoms with E-state index in [1.165, 1.54) is 0 Å². The number of aromatic hydroxyl groups is 1. The van der Waals surface area contributed by atoms with Gasteiger partial charge in [-0.25, -0.2) is 14.8 Å². The van der Waals surface area contributed by atoms with Crippen molar-refractivity contribution in [1.82, 2.24) is 29.2 Å². The van der Waals surface area contributed by atoms with Gasteiger partial charge in [0.25, 0.3) is 0 Å². The van der Waals surface area contributed by atoms with Crippen LogP contribution in [0.4, 0.5) is 15.7 Å². The van der Waals surface area contributed by atoms with E-state index in [4.69, 9.17) is 0 Å². The normalized spacial score (nSPS) is 23.9. The number of carbonyl (C=O) groups is 1. The Balaban J connectivity index is 1.23. The molecule has 1 aliphatic heterocycles. The summed E-state index contributed by atoms with van der Waals surface area (Å²) in [5.41, 5.74) is 0.848. The molecule has 11 heteroatoms. The second-order valence-electron chi connectivity index (χ2n) is 7.43. The Morgan fingerprint density at radius 1 is 1.36 bits per heavy atom. The number of amides is 2. The van der Waals surface area contributed by atoms with Gasteiger partial charge in [0.1, 0.15) is 17.8 Å². The van der Waals surface area contributed by atoms with Crippen LogP contribution in [0.15, 0.2) is 18.6 Å². The van der Waals surface area contributed by atoms with Crippen LogP contribution in [0.1, 0.15) is 12.8 Å². The van der Waals surface area contributed by atoms with Crippen LogP contribution in [0.3, 0.4) is 0 Å². The number of fused-ring (bicyclic) bond motifs is 2. The van der Waals surface area contributed by atoms with Crippen LogP contribution in [-0.4, -0.2) is 66.5 Å². The topological polar surface area (TPSA) is 123 Å². The van der Waals surface area contributed by atoms with Gasteiger partial charge in [-0.15, -0.1) is 4.37 Å². The number of nitrogens with one attached hydrogen (secondary N) is 2. The summed E-state index contributed by atoms with van der Waals surface area (Å²) in [6.07, 6.45) is 5.53. The third kappa shape index (κ3) is 2.91. The zero-order chi connectivity index (χ0) is 19.3. The van der Waals surface area contributed by atoms with Crippen molar-refractivity contribution in [2.45, 2.75) is 18.9 Å². The molecule has 1 saturated heterocycles. The highest BCUT2D eigenvalue weighted by Crippen LogP contribution is 2.41. The lowest BCUT2D eigenvalue weighted by Gasteiger charge is -2.27. The lowest BCUT2D eigenvalue weighted by atomic mass is 10.0. The second kappa shape index (κ2) is 6.59. The first kappa shape index (κ1) is 17.2. The van der Waals surface area contributed by atoms with Crippen molar-refractivity contribution in [2.75, 3.05) is 30.4 Å². The Labute approximate surface area is 164 Å². The summed E-state index contributed by atoms with van der Waals surface area (Å²) < 4.78 is 3.66. The number of carbonyl (C=O) groups excluding carboxylic acids is 1. The van der Waals surface area contributed by atoms with Gasteiger partial charge < -0.3 is 19.9 Å². The van der Waals surface area contributed by atoms with Crippen LogP contribution < -0.4 is 10.2 Å². The molecule has 3 aromatic rings. The van der Waals surface area contributed by atoms with Crippen molar-refractivity contribution >= 4 is 39.5 Å². The maximum atomic E-state index is 12.5. The fourth-order valence-corrected chi connectivity index (χ4v) is 4.96. The Bertz CT molecular complexity index is 1010. The molecule has 0 aromatic carbocycles. The summed E-state index contributed by atoms with van der Waals surface area (Å²) >= 11 is 0.971. The maximum absolute atomic E-state index is 12.5. The molecule has 10 nitrogen and oxygen atoms in total. The van der Waals surface area contributed by atoms with E-state index in [-0.39, 0.29) is 12.0 Å². The van der Waals surface area contributed by atoms with E-state index < -0.39 is 0 Å². The monoisotopic (exact) mass is 400 g/mol. The molecule has 1 aliphatic carbocycles. The summed E-state index contributed by atoms with van der Waals surface area (Å²) in [6.45, 7) is 1.46. The van der Waals surface area contributed by atoms with Crippen LogP contribution in [-0.2, 0) is 0 Å². The molecule has 2 amide bonds. The van der Waals surface area contributed by atoms with Gasteiger partial charge in [0, 0.05) is 43.9 Å². The average Bonchev–Trinajstić information content (AvgIpc) is 3.43. The molecule has 146 valence electrons. The summed E-state index contributed by atoms with van der Waals surface area (Å²) in [4.78, 5) is 32.2. The fourth-order valence-electron chi connectivity index (χ4n) is 4.50. The molecule has 4 heterocycles. The van der Waals surface area contributed by atoms with Gasteiger partial charge in [-0.1, -0.05) is 0 Å². The first-order valence-electron chi connectivity index (χ1n) is 9.18. The molecule has 1 saturated carbocycles. The fraction of sp³-hybridized carbons (Fsp3) is 0.471. The molecule has 3 N–H and O–H groups in total. The first-order chi connectivity index (χ1) is 13.6. The summed E-state index contributed by atoms with van der Waals surface area (Å²) in [5, 5.41) is 13.3. The summed E-state index contributed by atoms with van der Waals surface area (Å²) in [7, 11) is 2.09. The number of aromatic nitrogens is 5. The van der Waals surface area contributed by atoms with Crippen LogP contribution in [0.25, 0.3) is 11.0 Å². The molecule has 3 aromatic heterocycles. The highest BCUT2D eigenvalue weighted by Gasteiger charge is 2.44. The van der Waals surface area contributed by atoms with Crippen molar-refractivity contribution < 1.29 is 9.90 Å². The first-order valence-corrected chi connectivity index (χ1v) is 9.95. The predicted molar refractivity (Wildman–Crippen MR) is 104 cm³/mol. The molecule has 0 unspecified atom stereocenters. The molecule has 5 rings (SSSR count). The number of rotatable bonds is 3. The van der Waals surface area contributed by atoms with E-state index >= 15 is 0 Å². The van der Waals surface area contributed by atoms with Gasteiger partial charge in [-0.2, -0.15) is 4.98 Å². The number of hydrogen-bond acceptors (Lipinski definition) is 8. The van der Waals surface area contributed by atoms with Crippen molar-refractivity contribution in [3.05, 3.63) is 18.6 Å². The van der Waals surface area contributed by atoms with Gasteiger partial charge in [0.2, 0.25) is 5.13 Å². The predicted octanol–water partition coefficient (Wildman–Crippen LogP) is 1.89. The summed E-state index contributed by atoms with van der Waals surface area (Å²) in [5.74, 6) is 1.90. The molecular weight excluding hydrogens is 380 g/mol. The zero-order valence-corrected chi connectivity index (χ0v) is 16.1. The SMILES string of the molecule is CN(c1ncnc2[nH]ccc12)[C@H]1C[C@@H]2CN(C(=O)Nc3nc(O)ns3)C[C@@H]2C1. The van der Waals surface area contributed by atoms with E-state index in [9.17, 15) is 9.90 Å². The number of anilines is 2. The van der Waals surface area contributed by atoms with Crippen LogP contribution in [0, 0.1) is 11.8 Å². The number of nitrogens with zero attached hydrogens (tertiary/aromatic N) is 6. The minimum atomic E-state index is -0.314. The van der Waals surface area contributed by atoms with Gasteiger partial charge in [0.05, 0.1) is 5.39 Å². The smallest absolute Gasteiger partial charge is 0.327 e. The molecular formula is C17H20N8O2S. The van der Waals surface area contributed by atoms with Gasteiger partial charge in [0.15, 0.2) is 0 Å². The van der Waals surface area contributed by atoms with E-state index in [1.807, 2.05) is 17.2 Å². The highest BCUT2D eigenvalue weighted by atomic mass is 32.1. The Kier molecular flexibility index (Phi) is 4.04. The third-order valence-corrected chi connectivity index (χ3v) is 6.48. The van der Waals surface area contributed by atoms with E-state index in [1.54, 1.807) is 6.33 Å². The quantitative estimate of drug-likeness (QED) is 0.613. The molecule has 2 fully saturated rings. The standard InChI is InChI=1S/C17H20N8O2S/c1-24(14-12-2-3-18-13(12)19-8-20-14)11-4-9-6-25(7-10(9)5-11)17(27)22-16-21-15(26)23-28-16/h2-3,8-11H,4-7H2,1H3,(H,18,19,20)(H2,21,22,23,26,27)/t9-,10+,11+. The lowest BCUT2D eigenvalue weighted by Crippen LogP contribution is -2.36. The van der Waals surface area contributed by atoms with Gasteiger partial charge in [-0.3, -0.25) is 5.32 Å². The third-order valence-electron chi connectivity index (χ3n) is 5.86. The van der Waals surface area contributed by atoms with Gasteiger partial charge >= 0.3 is 12.0 Å². The summed E-state index contributed by atoms with van der Waals surface area (Å²) in [6, 6.07) is 1.91. The van der Waals surface area contributed by atoms with E-state index in [2.05, 4.69) is 41.6 Å². The van der Waals surface area contributed by atoms with Crippen molar-refractivity contribution in [3.8, 4) is 6.01 Å². The number of hydrogen-bond donors (Lipinski definition) is 3. The lowest BCUT2D eigenvalue weighted by molar-refractivity contribution is 0.218. The van der Waals surface area contributed by atoms with Crippen molar-refractivity contribution in [1.29, 1.82) is 0 Å². The molecule has 0 radical (unpaired) electrons. The molecule has 3 atom stereocenters. The van der Waals surface area contributed by atoms with Crippen molar-refractivity contribution in [3.63, 3.8) is 0 Å². The van der Waals surface area contributed by atoms with Crippen LogP contribution in [0.5, 0.6) is 6.01 Å². The molecule has 28 heavy (non-hydrogen) atoms. The van der Waals surface area contributed by atoms with Crippen molar-refractivity contribution in [2.24, 2.45) is 11.8 Å². The maximum Gasteiger partial charge on any atom is 0.327 e. The number of aromatic amines is 1. The van der Waals surface area contributed by atoms with E-state index in [0.717, 1.165) is 54.3 Å². The molecule has 0 spiro atoms. The Morgan fingerprint density at radius 3 is 2.86 bits per heavy atom. The van der Waals surface area contributed by atoms with E-state index in [0.29, 0.717) is 23.0 Å². The minimum absolute atomic E-state index is 0.180. The Morgan fingerprint density at radius 2 is 2.14 bits per heavy atom. The molecule has 2 aliphatic rings. The highest BCUT2D eigenvalue weighted by molar-refractivity contribution is 7.10. The van der Waals surface area contributed by atoms with Crippen LogP contribution >= 0.6 is 11.5 Å². The number of H-pyrrole nitrogens is 1. The number of urea groups is 1. The average molecular weight is 400 g/mol. The van der Waals surface area contributed by atoms with Gasteiger partial charge in [-0.05, 0) is 30.7 Å².